The number of anilines is 3. The number of sulfonamides is 1. The minimum atomic E-state index is -3.41. The summed E-state index contributed by atoms with van der Waals surface area (Å²) in [6, 6.07) is 9.39. The van der Waals surface area contributed by atoms with Gasteiger partial charge in [-0.1, -0.05) is 0 Å². The van der Waals surface area contributed by atoms with E-state index in [0.717, 1.165) is 93.9 Å². The van der Waals surface area contributed by atoms with Crippen molar-refractivity contribution in [1.82, 2.24) is 20.1 Å². The monoisotopic (exact) mass is 603 g/mol. The van der Waals surface area contributed by atoms with Gasteiger partial charge in [-0.25, -0.2) is 13.4 Å². The molecule has 1 saturated carbocycles. The summed E-state index contributed by atoms with van der Waals surface area (Å²) in [5.41, 5.74) is 3.07. The molecule has 5 aliphatic heterocycles. The molecule has 12 heteroatoms. The van der Waals surface area contributed by atoms with Crippen LogP contribution in [-0.4, -0.2) is 78.9 Å². The number of fused-ring (bicyclic) bond motifs is 2. The lowest BCUT2D eigenvalue weighted by atomic mass is 9.72. The third kappa shape index (κ3) is 5.03. The lowest BCUT2D eigenvalue weighted by Gasteiger charge is -2.49. The number of hydrogen-bond donors (Lipinski definition) is 1. The molecule has 4 fully saturated rings. The van der Waals surface area contributed by atoms with E-state index in [0.29, 0.717) is 36.9 Å². The number of pyridine rings is 1. The number of piperidine rings is 3. The second kappa shape index (κ2) is 10.2. The average molecular weight is 604 g/mol. The Morgan fingerprint density at radius 2 is 1.70 bits per heavy atom. The van der Waals surface area contributed by atoms with Gasteiger partial charge in [0, 0.05) is 51.0 Å². The molecule has 2 aromatic heterocycles. The standard InChI is InChI=1S/C31H37N7O4S/c39-30-22-3-1-13-37(19-22)27-17-21(8-12-32-27)28-33-34-29(42-28)25-7-4-23(35-43(40,41)24-5-6-24)18-26(25)36-15-10-31(11-16-36)9-2-14-38(30)20-31/h4,7-8,12,17-18,22,24,35H,1-3,5-6,9-11,13-16,19-20H2. The number of benzene rings is 1. The fraction of sp³-hybridized carbons (Fsp3) is 0.548. The highest BCUT2D eigenvalue weighted by Crippen LogP contribution is 2.44. The largest absolute Gasteiger partial charge is 0.416 e. The fourth-order valence-corrected chi connectivity index (χ4v) is 8.89. The molecule has 11 nitrogen and oxygen atoms in total. The zero-order valence-electron chi connectivity index (χ0n) is 24.2. The van der Waals surface area contributed by atoms with Crippen molar-refractivity contribution in [2.75, 3.05) is 53.8 Å². The van der Waals surface area contributed by atoms with E-state index < -0.39 is 10.0 Å². The summed E-state index contributed by atoms with van der Waals surface area (Å²) in [6.45, 7) is 4.78. The number of nitrogens with zero attached hydrogens (tertiary/aromatic N) is 6. The Bertz CT molecular complexity index is 1660. The van der Waals surface area contributed by atoms with Gasteiger partial charge in [0.15, 0.2) is 0 Å². The van der Waals surface area contributed by atoms with Crippen LogP contribution in [0.2, 0.25) is 0 Å². The number of carbonyl (C=O) groups excluding carboxylic acids is 1. The third-order valence-electron chi connectivity index (χ3n) is 10.1. The molecule has 9 bridgehead atoms. The van der Waals surface area contributed by atoms with Crippen molar-refractivity contribution in [1.29, 1.82) is 0 Å². The number of aromatic nitrogens is 3. The predicted molar refractivity (Wildman–Crippen MR) is 163 cm³/mol. The van der Waals surface area contributed by atoms with Crippen LogP contribution in [0.25, 0.3) is 22.9 Å². The lowest BCUT2D eigenvalue weighted by Crippen LogP contribution is -2.54. The van der Waals surface area contributed by atoms with Gasteiger partial charge >= 0.3 is 0 Å². The quantitative estimate of drug-likeness (QED) is 0.470. The van der Waals surface area contributed by atoms with Gasteiger partial charge in [-0.15, -0.1) is 10.2 Å². The summed E-state index contributed by atoms with van der Waals surface area (Å²) in [7, 11) is -3.41. The van der Waals surface area contributed by atoms with Gasteiger partial charge in [0.2, 0.25) is 27.7 Å². The molecule has 1 N–H and O–H groups in total. The van der Waals surface area contributed by atoms with Crippen molar-refractivity contribution in [2.45, 2.75) is 56.6 Å². The summed E-state index contributed by atoms with van der Waals surface area (Å²) in [6.07, 6.45) is 9.10. The average Bonchev–Trinajstić information content (AvgIpc) is 3.79. The smallest absolute Gasteiger partial charge is 0.250 e. The maximum absolute atomic E-state index is 13.9. The molecule has 3 saturated heterocycles. The summed E-state index contributed by atoms with van der Waals surface area (Å²) >= 11 is 0. The van der Waals surface area contributed by atoms with E-state index in [1.165, 1.54) is 0 Å². The summed E-state index contributed by atoms with van der Waals surface area (Å²) in [5, 5.41) is 8.54. The van der Waals surface area contributed by atoms with Crippen LogP contribution in [0, 0.1) is 11.3 Å². The number of carbonyl (C=O) groups is 1. The molecular formula is C31H37N7O4S. The first-order valence-corrected chi connectivity index (χ1v) is 17.2. The molecule has 0 radical (unpaired) electrons. The van der Waals surface area contributed by atoms with Crippen LogP contribution >= 0.6 is 0 Å². The van der Waals surface area contributed by atoms with E-state index in [9.17, 15) is 13.2 Å². The molecule has 1 unspecified atom stereocenters. The minimum absolute atomic E-state index is 0.0342. The number of nitrogens with one attached hydrogen (secondary N) is 1. The molecule has 1 aliphatic carbocycles. The molecule has 6 aliphatic rings. The predicted octanol–water partition coefficient (Wildman–Crippen LogP) is 4.14. The zero-order chi connectivity index (χ0) is 29.2. The summed E-state index contributed by atoms with van der Waals surface area (Å²) in [4.78, 5) is 25.2. The number of amides is 1. The first-order chi connectivity index (χ1) is 20.9. The summed E-state index contributed by atoms with van der Waals surface area (Å²) in [5.74, 6) is 1.85. The normalized spacial score (nSPS) is 25.6. The van der Waals surface area contributed by atoms with Gasteiger partial charge < -0.3 is 19.1 Å². The van der Waals surface area contributed by atoms with E-state index in [1.54, 1.807) is 12.3 Å². The highest BCUT2D eigenvalue weighted by atomic mass is 32.2. The van der Waals surface area contributed by atoms with Crippen molar-refractivity contribution in [3.8, 4) is 22.9 Å². The Morgan fingerprint density at radius 3 is 2.53 bits per heavy atom. The van der Waals surface area contributed by atoms with E-state index in [-0.39, 0.29) is 22.5 Å². The van der Waals surface area contributed by atoms with Gasteiger partial charge in [0.25, 0.3) is 0 Å². The van der Waals surface area contributed by atoms with Gasteiger partial charge in [-0.05, 0) is 87.1 Å². The fourth-order valence-electron chi connectivity index (χ4n) is 7.51. The molecule has 1 atom stereocenters. The van der Waals surface area contributed by atoms with Crippen molar-refractivity contribution < 1.29 is 17.6 Å². The van der Waals surface area contributed by atoms with Crippen molar-refractivity contribution in [2.24, 2.45) is 11.3 Å². The molecular weight excluding hydrogens is 566 g/mol. The van der Waals surface area contributed by atoms with E-state index >= 15 is 0 Å². The Labute approximate surface area is 251 Å². The first-order valence-electron chi connectivity index (χ1n) is 15.6. The summed E-state index contributed by atoms with van der Waals surface area (Å²) < 4.78 is 34.6. The maximum Gasteiger partial charge on any atom is 0.250 e. The Balaban J connectivity index is 1.21. The van der Waals surface area contributed by atoms with E-state index in [4.69, 9.17) is 4.42 Å². The van der Waals surface area contributed by atoms with E-state index in [2.05, 4.69) is 34.6 Å². The number of hydrogen-bond acceptors (Lipinski definition) is 9. The molecule has 1 spiro atoms. The van der Waals surface area contributed by atoms with Crippen LogP contribution in [0.15, 0.2) is 40.9 Å². The Hall–Kier alpha value is -3.67. The van der Waals surface area contributed by atoms with Crippen LogP contribution in [0.1, 0.15) is 51.4 Å². The van der Waals surface area contributed by atoms with Crippen molar-refractivity contribution in [3.63, 3.8) is 0 Å². The highest BCUT2D eigenvalue weighted by Gasteiger charge is 2.42. The molecule has 1 amide bonds. The maximum atomic E-state index is 13.9. The first kappa shape index (κ1) is 26.9. The molecule has 7 heterocycles. The van der Waals surface area contributed by atoms with Gasteiger partial charge in [0.05, 0.1) is 28.1 Å². The molecule has 3 aromatic rings. The molecule has 226 valence electrons. The topological polar surface area (TPSA) is 125 Å². The highest BCUT2D eigenvalue weighted by molar-refractivity contribution is 7.93. The van der Waals surface area contributed by atoms with Crippen molar-refractivity contribution in [3.05, 3.63) is 36.5 Å². The second-order valence-electron chi connectivity index (χ2n) is 13.0. The Morgan fingerprint density at radius 1 is 0.884 bits per heavy atom. The minimum Gasteiger partial charge on any atom is -0.416 e. The van der Waals surface area contributed by atoms with Gasteiger partial charge in [-0.3, -0.25) is 9.52 Å². The van der Waals surface area contributed by atoms with Crippen molar-refractivity contribution >= 4 is 33.1 Å². The van der Waals surface area contributed by atoms with Crippen LogP contribution in [0.4, 0.5) is 17.2 Å². The lowest BCUT2D eigenvalue weighted by molar-refractivity contribution is -0.139. The van der Waals surface area contributed by atoms with Crippen LogP contribution in [-0.2, 0) is 14.8 Å². The Kier molecular flexibility index (Phi) is 6.39. The van der Waals surface area contributed by atoms with Crippen LogP contribution in [0.5, 0.6) is 0 Å². The second-order valence-corrected chi connectivity index (χ2v) is 15.0. The van der Waals surface area contributed by atoms with Crippen LogP contribution < -0.4 is 14.5 Å². The van der Waals surface area contributed by atoms with Crippen LogP contribution in [0.3, 0.4) is 0 Å². The number of rotatable bonds is 3. The van der Waals surface area contributed by atoms with Gasteiger partial charge in [0.1, 0.15) is 5.82 Å². The third-order valence-corrected chi connectivity index (χ3v) is 12.0. The molecule has 9 rings (SSSR count). The van der Waals surface area contributed by atoms with Gasteiger partial charge in [-0.2, -0.15) is 0 Å². The SMILES string of the molecule is O=C1C2CCCN(C2)c2cc(ccn2)-c2nnc(o2)-c2ccc(NS(=O)(=O)C3CC3)cc2N2CCC3(CCCN1C3)CC2. The molecule has 1 aromatic carbocycles. The zero-order valence-corrected chi connectivity index (χ0v) is 25.1. The molecule has 43 heavy (non-hydrogen) atoms. The van der Waals surface area contributed by atoms with E-state index in [1.807, 2.05) is 24.3 Å².